The number of carbonyl (C=O) groups is 1. The Morgan fingerprint density at radius 2 is 2.04 bits per heavy atom. The van der Waals surface area contributed by atoms with Gasteiger partial charge in [0.2, 0.25) is 0 Å². The van der Waals surface area contributed by atoms with Gasteiger partial charge in [0.25, 0.3) is 0 Å². The molecule has 0 unspecified atom stereocenters. The minimum absolute atomic E-state index is 0.297. The summed E-state index contributed by atoms with van der Waals surface area (Å²) in [6.07, 6.45) is 0. The summed E-state index contributed by atoms with van der Waals surface area (Å²) in [5.74, 6) is 0.540. The zero-order valence-electron chi connectivity index (χ0n) is 14.7. The van der Waals surface area contributed by atoms with Gasteiger partial charge in [-0.1, -0.05) is 39.7 Å². The van der Waals surface area contributed by atoms with Gasteiger partial charge in [-0.2, -0.15) is 0 Å². The Bertz CT molecular complexity index is 946. The average Bonchev–Trinajstić information content (AvgIpc) is 3.13. The first kappa shape index (κ1) is 19.7. The van der Waals surface area contributed by atoms with Gasteiger partial charge in [-0.3, -0.25) is 4.90 Å². The highest BCUT2D eigenvalue weighted by molar-refractivity contribution is 9.10. The predicted octanol–water partition coefficient (Wildman–Crippen LogP) is 6.29. The van der Waals surface area contributed by atoms with Gasteiger partial charge in [0.1, 0.15) is 5.75 Å². The number of halogens is 2. The molecule has 0 aliphatic rings. The first-order chi connectivity index (χ1) is 13.0. The second-order valence-electron chi connectivity index (χ2n) is 5.54. The molecule has 0 fully saturated rings. The number of carbonyl (C=O) groups excluding carboxylic acids is 1. The summed E-state index contributed by atoms with van der Waals surface area (Å²) in [4.78, 5) is 19.0. The highest BCUT2D eigenvalue weighted by Gasteiger charge is 2.19. The van der Waals surface area contributed by atoms with Crippen LogP contribution in [0.15, 0.2) is 52.3 Å². The molecule has 1 N–H and O–H groups in total. The fourth-order valence-electron chi connectivity index (χ4n) is 2.47. The fourth-order valence-corrected chi connectivity index (χ4v) is 3.80. The van der Waals surface area contributed by atoms with E-state index >= 15 is 0 Å². The summed E-state index contributed by atoms with van der Waals surface area (Å²) >= 11 is 10.9. The summed E-state index contributed by atoms with van der Waals surface area (Å²) in [5.41, 5.74) is 2.33. The predicted molar refractivity (Wildman–Crippen MR) is 115 cm³/mol. The van der Waals surface area contributed by atoms with Crippen molar-refractivity contribution in [3.63, 3.8) is 0 Å². The van der Waals surface area contributed by atoms with Crippen LogP contribution in [-0.4, -0.2) is 24.7 Å². The van der Waals surface area contributed by atoms with Crippen LogP contribution >= 0.6 is 38.9 Å². The third-order valence-corrected chi connectivity index (χ3v) is 5.45. The maximum atomic E-state index is 12.8. The van der Waals surface area contributed by atoms with Crippen LogP contribution in [0, 0.1) is 0 Å². The topological polar surface area (TPSA) is 54.5 Å². The van der Waals surface area contributed by atoms with Crippen LogP contribution in [0.2, 0.25) is 5.02 Å². The molecule has 0 saturated carbocycles. The van der Waals surface area contributed by atoms with Gasteiger partial charge in [0.15, 0.2) is 5.13 Å². The van der Waals surface area contributed by atoms with Crippen molar-refractivity contribution < 1.29 is 9.53 Å². The second-order valence-corrected chi connectivity index (χ2v) is 7.73. The molecule has 1 heterocycles. The zero-order valence-corrected chi connectivity index (χ0v) is 17.9. The fraction of sp³-hybridized carbons (Fsp3) is 0.158. The molecule has 0 aliphatic heterocycles. The van der Waals surface area contributed by atoms with Crippen molar-refractivity contribution in [3.05, 3.63) is 57.3 Å². The molecular weight excluding hydrogens is 450 g/mol. The molecule has 2 aromatic carbocycles. The van der Waals surface area contributed by atoms with Gasteiger partial charge < -0.3 is 10.1 Å². The zero-order chi connectivity index (χ0) is 19.4. The standard InChI is InChI=1S/C19H17BrClN3O2S/c1-3-24(18(25)22-15-10-14(21)8-9-17(15)26-2)19-23-16(11-27-19)12-4-6-13(20)7-5-12/h4-11H,3H2,1-2H3,(H,22,25). The third kappa shape index (κ3) is 4.61. The number of aromatic nitrogens is 1. The van der Waals surface area contributed by atoms with Crippen molar-refractivity contribution in [2.75, 3.05) is 23.9 Å². The number of thiazole rings is 1. The van der Waals surface area contributed by atoms with Gasteiger partial charge in [-0.25, -0.2) is 9.78 Å². The first-order valence-corrected chi connectivity index (χ1v) is 10.2. The summed E-state index contributed by atoms with van der Waals surface area (Å²) in [5, 5.41) is 5.92. The van der Waals surface area contributed by atoms with E-state index in [1.165, 1.54) is 11.3 Å². The quantitative estimate of drug-likeness (QED) is 0.480. The summed E-state index contributed by atoms with van der Waals surface area (Å²) in [7, 11) is 1.54. The molecule has 0 aliphatic carbocycles. The van der Waals surface area contributed by atoms with Gasteiger partial charge >= 0.3 is 6.03 Å². The SMILES string of the molecule is CCN(C(=O)Nc1cc(Cl)ccc1OC)c1nc(-c2ccc(Br)cc2)cs1. The lowest BCUT2D eigenvalue weighted by molar-refractivity contribution is 0.257. The minimum Gasteiger partial charge on any atom is -0.495 e. The second kappa shape index (κ2) is 8.73. The molecule has 0 atom stereocenters. The molecule has 5 nitrogen and oxygen atoms in total. The summed E-state index contributed by atoms with van der Waals surface area (Å²) in [6, 6.07) is 12.7. The van der Waals surface area contributed by atoms with Crippen LogP contribution in [-0.2, 0) is 0 Å². The number of nitrogens with one attached hydrogen (secondary N) is 1. The van der Waals surface area contributed by atoms with E-state index in [2.05, 4.69) is 26.2 Å². The van der Waals surface area contributed by atoms with E-state index in [1.807, 2.05) is 36.6 Å². The Balaban J connectivity index is 1.82. The van der Waals surface area contributed by atoms with Crippen LogP contribution in [0.3, 0.4) is 0 Å². The van der Waals surface area contributed by atoms with Crippen LogP contribution < -0.4 is 15.0 Å². The van der Waals surface area contributed by atoms with E-state index in [0.29, 0.717) is 28.1 Å². The van der Waals surface area contributed by atoms with E-state index in [0.717, 1.165) is 15.7 Å². The highest BCUT2D eigenvalue weighted by Crippen LogP contribution is 2.31. The van der Waals surface area contributed by atoms with E-state index in [-0.39, 0.29) is 6.03 Å². The maximum Gasteiger partial charge on any atom is 0.328 e. The smallest absolute Gasteiger partial charge is 0.328 e. The highest BCUT2D eigenvalue weighted by atomic mass is 79.9. The molecule has 140 valence electrons. The summed E-state index contributed by atoms with van der Waals surface area (Å²) < 4.78 is 6.29. The Kier molecular flexibility index (Phi) is 6.36. The molecule has 0 spiro atoms. The minimum atomic E-state index is -0.297. The number of methoxy groups -OCH3 is 1. The van der Waals surface area contributed by atoms with Crippen molar-refractivity contribution in [1.82, 2.24) is 4.98 Å². The number of benzene rings is 2. The average molecular weight is 467 g/mol. The number of hydrogen-bond donors (Lipinski definition) is 1. The van der Waals surface area contributed by atoms with E-state index in [4.69, 9.17) is 16.3 Å². The largest absolute Gasteiger partial charge is 0.495 e. The number of amides is 2. The van der Waals surface area contributed by atoms with Gasteiger partial charge in [0.05, 0.1) is 18.5 Å². The number of urea groups is 1. The molecule has 8 heteroatoms. The van der Waals surface area contributed by atoms with E-state index in [9.17, 15) is 4.79 Å². The molecular formula is C19H17BrClN3O2S. The van der Waals surface area contributed by atoms with E-state index in [1.54, 1.807) is 30.2 Å². The molecule has 27 heavy (non-hydrogen) atoms. The maximum absolute atomic E-state index is 12.8. The lowest BCUT2D eigenvalue weighted by Crippen LogP contribution is -2.34. The van der Waals surface area contributed by atoms with Crippen LogP contribution in [0.25, 0.3) is 11.3 Å². The van der Waals surface area contributed by atoms with Crippen LogP contribution in [0.5, 0.6) is 5.75 Å². The normalized spacial score (nSPS) is 10.5. The lowest BCUT2D eigenvalue weighted by Gasteiger charge is -2.19. The molecule has 0 bridgehead atoms. The first-order valence-electron chi connectivity index (χ1n) is 8.15. The Labute approximate surface area is 175 Å². The number of ether oxygens (including phenoxy) is 1. The molecule has 1 aromatic heterocycles. The van der Waals surface area contributed by atoms with E-state index < -0.39 is 0 Å². The Morgan fingerprint density at radius 3 is 2.70 bits per heavy atom. The Morgan fingerprint density at radius 1 is 1.30 bits per heavy atom. The number of anilines is 2. The van der Waals surface area contributed by atoms with Crippen LogP contribution in [0.1, 0.15) is 6.92 Å². The van der Waals surface area contributed by atoms with Crippen molar-refractivity contribution in [3.8, 4) is 17.0 Å². The Hall–Kier alpha value is -2.09. The van der Waals surface area contributed by atoms with Gasteiger partial charge in [-0.05, 0) is 37.3 Å². The van der Waals surface area contributed by atoms with Crippen molar-refractivity contribution in [2.45, 2.75) is 6.92 Å². The summed E-state index contributed by atoms with van der Waals surface area (Å²) in [6.45, 7) is 2.37. The molecule has 0 saturated heterocycles. The number of rotatable bonds is 5. The van der Waals surface area contributed by atoms with Crippen molar-refractivity contribution in [1.29, 1.82) is 0 Å². The van der Waals surface area contributed by atoms with Gasteiger partial charge in [-0.15, -0.1) is 11.3 Å². The van der Waals surface area contributed by atoms with Gasteiger partial charge in [0, 0.05) is 27.0 Å². The van der Waals surface area contributed by atoms with Crippen molar-refractivity contribution in [2.24, 2.45) is 0 Å². The van der Waals surface area contributed by atoms with Crippen molar-refractivity contribution >= 4 is 55.7 Å². The third-order valence-electron chi connectivity index (χ3n) is 3.83. The lowest BCUT2D eigenvalue weighted by atomic mass is 10.2. The molecule has 2 amide bonds. The number of nitrogens with zero attached hydrogens (tertiary/aromatic N) is 2. The van der Waals surface area contributed by atoms with Crippen LogP contribution in [0.4, 0.5) is 15.6 Å². The monoisotopic (exact) mass is 465 g/mol. The molecule has 3 aromatic rings. The number of hydrogen-bond acceptors (Lipinski definition) is 4. The molecule has 3 rings (SSSR count). The molecule has 0 radical (unpaired) electrons.